The van der Waals surface area contributed by atoms with Gasteiger partial charge in [0, 0.05) is 30.3 Å². The van der Waals surface area contributed by atoms with Crippen molar-refractivity contribution in [1.82, 2.24) is 5.32 Å². The second-order valence-electron chi connectivity index (χ2n) is 7.75. The van der Waals surface area contributed by atoms with Crippen LogP contribution in [0.3, 0.4) is 0 Å². The molecule has 0 aromatic heterocycles. The Bertz CT molecular complexity index is 971. The summed E-state index contributed by atoms with van der Waals surface area (Å²) in [5, 5.41) is 3.32. The second-order valence-corrected chi connectivity index (χ2v) is 7.89. The second kappa shape index (κ2) is 20.5. The first-order valence-electron chi connectivity index (χ1n) is 13.9. The molecule has 0 saturated carbocycles. The van der Waals surface area contributed by atoms with Gasteiger partial charge in [-0.25, -0.2) is 0 Å². The fourth-order valence-corrected chi connectivity index (χ4v) is 4.73. The molecule has 0 aromatic carbocycles. The van der Waals surface area contributed by atoms with Crippen LogP contribution in [-0.2, 0) is 21.0 Å². The Labute approximate surface area is 229 Å². The van der Waals surface area contributed by atoms with Gasteiger partial charge in [0.1, 0.15) is 18.1 Å². The highest BCUT2D eigenvalue weighted by Gasteiger charge is 2.31. The minimum atomic E-state index is -0.750. The molecule has 1 N–H and O–H groups in total. The van der Waals surface area contributed by atoms with Crippen LogP contribution in [0.5, 0.6) is 0 Å². The molecule has 0 atom stereocenters. The molecule has 0 fully saturated rings. The van der Waals surface area contributed by atoms with Crippen LogP contribution >= 0.6 is 0 Å². The smallest absolute Gasteiger partial charge is 0.335 e. The summed E-state index contributed by atoms with van der Waals surface area (Å²) in [4.78, 5) is 0. The van der Waals surface area contributed by atoms with E-state index in [2.05, 4.69) is 42.6 Å². The van der Waals surface area contributed by atoms with Gasteiger partial charge < -0.3 is 14.8 Å². The van der Waals surface area contributed by atoms with Crippen LogP contribution in [0, 0.1) is 0 Å². The highest BCUT2D eigenvalue weighted by Crippen LogP contribution is 2.45. The maximum atomic E-state index is 8.29. The highest BCUT2D eigenvalue weighted by atomic mass is 32.1. The molecule has 6 heteroatoms. The van der Waals surface area contributed by atoms with Crippen LogP contribution < -0.4 is 5.32 Å². The summed E-state index contributed by atoms with van der Waals surface area (Å²) >= 11 is -0.750. The summed E-state index contributed by atoms with van der Waals surface area (Å²) in [6.45, 7) is 15.0. The van der Waals surface area contributed by atoms with Crippen LogP contribution in [-0.4, -0.2) is 29.2 Å². The number of hydrogen-bond acceptors (Lipinski definition) is 5. The van der Waals surface area contributed by atoms with E-state index in [9.17, 15) is 0 Å². The Hall–Kier alpha value is -2.60. The lowest BCUT2D eigenvalue weighted by molar-refractivity contribution is 0.222. The van der Waals surface area contributed by atoms with Crippen molar-refractivity contribution in [2.75, 3.05) is 20.8 Å². The Morgan fingerprint density at radius 2 is 1.65 bits per heavy atom. The maximum absolute atomic E-state index is 8.29. The van der Waals surface area contributed by atoms with E-state index in [1.807, 2.05) is 48.6 Å². The lowest BCUT2D eigenvalue weighted by Gasteiger charge is -2.26. The fourth-order valence-electron chi connectivity index (χ4n) is 4.73. The Morgan fingerprint density at radius 1 is 1.00 bits per heavy atom. The van der Waals surface area contributed by atoms with Crippen LogP contribution in [0.25, 0.3) is 0 Å². The first kappa shape index (κ1) is 34.4. The molecule has 4 rings (SSSR count). The van der Waals surface area contributed by atoms with Gasteiger partial charge in [-0.1, -0.05) is 66.7 Å². The molecule has 3 aliphatic carbocycles. The number of rotatable bonds is 4. The van der Waals surface area contributed by atoms with Crippen molar-refractivity contribution in [2.45, 2.75) is 93.4 Å². The van der Waals surface area contributed by atoms with Crippen LogP contribution in [0.2, 0.25) is 0 Å². The third-order valence-electron chi connectivity index (χ3n) is 6.10. The van der Waals surface area contributed by atoms with E-state index in [1.54, 1.807) is 7.11 Å². The van der Waals surface area contributed by atoms with Gasteiger partial charge in [-0.3, -0.25) is 0 Å². The highest BCUT2D eigenvalue weighted by molar-refractivity contribution is 7.51. The average Bonchev–Trinajstić information content (AvgIpc) is 3.14. The summed E-state index contributed by atoms with van der Waals surface area (Å²) in [7, 11) is 3.80. The van der Waals surface area contributed by atoms with Gasteiger partial charge in [-0.2, -0.15) is 8.42 Å². The molecule has 208 valence electrons. The summed E-state index contributed by atoms with van der Waals surface area (Å²) in [5.74, 6) is 2.16. The number of nitrogens with one attached hydrogen (secondary N) is 1. The third kappa shape index (κ3) is 9.33. The third-order valence-corrected chi connectivity index (χ3v) is 6.10. The van der Waals surface area contributed by atoms with Crippen molar-refractivity contribution >= 4 is 11.6 Å². The molecule has 0 amide bonds. The first-order valence-corrected chi connectivity index (χ1v) is 14.6. The van der Waals surface area contributed by atoms with E-state index < -0.39 is 11.6 Å². The predicted octanol–water partition coefficient (Wildman–Crippen LogP) is 8.18. The van der Waals surface area contributed by atoms with Crippen LogP contribution in [0.15, 0.2) is 81.0 Å². The number of methoxy groups -OCH3 is 1. The molecular weight excluding hydrogens is 482 g/mol. The zero-order valence-electron chi connectivity index (χ0n) is 24.6. The molecule has 1 aliphatic heterocycles. The number of ether oxygens (including phenoxy) is 2. The van der Waals surface area contributed by atoms with Gasteiger partial charge in [0.15, 0.2) is 0 Å². The van der Waals surface area contributed by atoms with Crippen molar-refractivity contribution in [1.29, 1.82) is 0 Å². The number of hydrogen-bond donors (Lipinski definition) is 1. The Kier molecular flexibility index (Phi) is 19.0. The Morgan fingerprint density at radius 3 is 2.24 bits per heavy atom. The molecule has 0 spiro atoms. The molecule has 0 unspecified atom stereocenters. The van der Waals surface area contributed by atoms with Gasteiger partial charge >= 0.3 is 11.6 Å². The molecule has 4 aliphatic rings. The summed E-state index contributed by atoms with van der Waals surface area (Å²) in [6, 6.07) is 0. The summed E-state index contributed by atoms with van der Waals surface area (Å²) in [6.07, 6.45) is 18.7. The Balaban J connectivity index is 0.00000129. The monoisotopic (exact) mass is 531 g/mol. The van der Waals surface area contributed by atoms with E-state index in [-0.39, 0.29) is 0 Å². The molecule has 5 nitrogen and oxygen atoms in total. The van der Waals surface area contributed by atoms with Gasteiger partial charge in [-0.05, 0) is 73.0 Å². The van der Waals surface area contributed by atoms with E-state index in [0.29, 0.717) is 6.61 Å². The molecule has 0 bridgehead atoms. The van der Waals surface area contributed by atoms with Crippen molar-refractivity contribution in [3.8, 4) is 0 Å². The SMILES string of the molecule is CC.CC.CC.CC/C(C1=CC(NC)=CCC1)=C1\C2=C(CCC=C2)OCC2=C1C(OC)=CCC2.O=S=O. The van der Waals surface area contributed by atoms with Crippen LogP contribution in [0.1, 0.15) is 93.4 Å². The molecule has 37 heavy (non-hydrogen) atoms. The lowest BCUT2D eigenvalue weighted by Crippen LogP contribution is -2.12. The normalized spacial score (nSPS) is 18.7. The van der Waals surface area contributed by atoms with Gasteiger partial charge in [-0.15, -0.1) is 0 Å². The van der Waals surface area contributed by atoms with Crippen molar-refractivity contribution < 1.29 is 17.9 Å². The van der Waals surface area contributed by atoms with Gasteiger partial charge in [0.2, 0.25) is 0 Å². The molecule has 0 aromatic rings. The van der Waals surface area contributed by atoms with Gasteiger partial charge in [0.25, 0.3) is 0 Å². The molecular formula is C31H49NO4S. The summed E-state index contributed by atoms with van der Waals surface area (Å²) in [5.41, 5.74) is 9.35. The van der Waals surface area contributed by atoms with E-state index >= 15 is 0 Å². The van der Waals surface area contributed by atoms with Gasteiger partial charge in [0.05, 0.1) is 7.11 Å². The number of allylic oxidation sites excluding steroid dienone is 10. The van der Waals surface area contributed by atoms with Crippen molar-refractivity contribution in [3.63, 3.8) is 0 Å². The quantitative estimate of drug-likeness (QED) is 0.396. The van der Waals surface area contributed by atoms with E-state index in [1.165, 1.54) is 39.1 Å². The standard InChI is InChI=1S/C25H31NO2.3C2H6.O2S/c1-4-20(17-9-7-11-19(15-17)26-2)25-21-12-5-6-13-22(21)28-16-18-10-8-14-23(27-3)24(18)25;3*1-2;1-3-2/h5,11-12,14-15,26H,4,6-10,13,16H2,1-3H3;3*1-2H3;/b25-20-;;;;. The average molecular weight is 532 g/mol. The first-order chi connectivity index (χ1) is 18.2. The fraction of sp³-hybridized carbons (Fsp3) is 0.548. The van der Waals surface area contributed by atoms with E-state index in [4.69, 9.17) is 17.9 Å². The molecule has 0 radical (unpaired) electrons. The predicted molar refractivity (Wildman–Crippen MR) is 157 cm³/mol. The zero-order chi connectivity index (χ0) is 28.2. The zero-order valence-corrected chi connectivity index (χ0v) is 25.4. The van der Waals surface area contributed by atoms with E-state index in [0.717, 1.165) is 56.5 Å². The maximum Gasteiger partial charge on any atom is 0.335 e. The topological polar surface area (TPSA) is 64.6 Å². The van der Waals surface area contributed by atoms with Crippen LogP contribution in [0.4, 0.5) is 0 Å². The molecule has 0 saturated heterocycles. The number of likely N-dealkylation sites (N-methyl/N-ethyl adjacent to an activating group) is 1. The minimum Gasteiger partial charge on any atom is -0.496 e. The van der Waals surface area contributed by atoms with Crippen molar-refractivity contribution in [2.24, 2.45) is 0 Å². The minimum absolute atomic E-state index is 0.684. The largest absolute Gasteiger partial charge is 0.496 e. The lowest BCUT2D eigenvalue weighted by atomic mass is 9.79. The van der Waals surface area contributed by atoms with Crippen molar-refractivity contribution in [3.05, 3.63) is 81.0 Å². The summed E-state index contributed by atoms with van der Waals surface area (Å²) < 4.78 is 28.8. The molecule has 1 heterocycles.